The number of nitrogens with zero attached hydrogens (tertiary/aromatic N) is 2. The molecule has 0 spiro atoms. The van der Waals surface area contributed by atoms with Gasteiger partial charge >= 0.3 is 0 Å². The first kappa shape index (κ1) is 16.0. The van der Waals surface area contributed by atoms with E-state index < -0.39 is 0 Å². The summed E-state index contributed by atoms with van der Waals surface area (Å²) in [6.07, 6.45) is 1.67. The fourth-order valence-corrected chi connectivity index (χ4v) is 3.39. The summed E-state index contributed by atoms with van der Waals surface area (Å²) in [6.45, 7) is 7.31. The number of furan rings is 1. The number of carbonyl (C=O) groups is 1. The summed E-state index contributed by atoms with van der Waals surface area (Å²) in [5.74, 6) is 0.0417. The van der Waals surface area contributed by atoms with E-state index in [4.69, 9.17) is 9.15 Å². The minimum Gasteiger partial charge on any atom is -0.463 e. The first-order valence-electron chi connectivity index (χ1n) is 8.63. The van der Waals surface area contributed by atoms with Crippen molar-refractivity contribution < 1.29 is 13.9 Å². The predicted molar refractivity (Wildman–Crippen MR) is 95.9 cm³/mol. The van der Waals surface area contributed by atoms with Crippen molar-refractivity contribution >= 4 is 17.0 Å². The highest BCUT2D eigenvalue weighted by atomic mass is 16.5. The smallest absolute Gasteiger partial charge is 0.270 e. The molecule has 3 aromatic rings. The van der Waals surface area contributed by atoms with Gasteiger partial charge in [-0.15, -0.1) is 0 Å². The zero-order valence-electron chi connectivity index (χ0n) is 14.6. The van der Waals surface area contributed by atoms with Crippen molar-refractivity contribution in [2.75, 3.05) is 26.3 Å². The van der Waals surface area contributed by atoms with E-state index in [-0.39, 0.29) is 5.91 Å². The van der Waals surface area contributed by atoms with Gasteiger partial charge in [-0.1, -0.05) is 23.8 Å². The Labute approximate surface area is 146 Å². The maximum atomic E-state index is 13.0. The number of ether oxygens (including phenoxy) is 1. The van der Waals surface area contributed by atoms with Crippen molar-refractivity contribution in [3.63, 3.8) is 0 Å². The summed E-state index contributed by atoms with van der Waals surface area (Å²) in [5, 5.41) is 0. The van der Waals surface area contributed by atoms with Gasteiger partial charge < -0.3 is 18.6 Å². The van der Waals surface area contributed by atoms with Gasteiger partial charge in [0.25, 0.3) is 5.91 Å². The molecule has 1 amide bonds. The fourth-order valence-electron chi connectivity index (χ4n) is 3.39. The zero-order chi connectivity index (χ0) is 17.4. The van der Waals surface area contributed by atoms with Crippen LogP contribution in [0.4, 0.5) is 0 Å². The van der Waals surface area contributed by atoms with Crippen LogP contribution >= 0.6 is 0 Å². The van der Waals surface area contributed by atoms with Crippen LogP contribution in [0.25, 0.3) is 11.1 Å². The van der Waals surface area contributed by atoms with Crippen LogP contribution in [0, 0.1) is 13.8 Å². The fraction of sp³-hybridized carbons (Fsp3) is 0.350. The maximum absolute atomic E-state index is 13.0. The van der Waals surface area contributed by atoms with Gasteiger partial charge in [-0.05, 0) is 25.0 Å². The van der Waals surface area contributed by atoms with Crippen LogP contribution in [-0.4, -0.2) is 41.7 Å². The number of fused-ring (bicyclic) bond motifs is 1. The number of benzene rings is 1. The van der Waals surface area contributed by atoms with E-state index in [1.807, 2.05) is 17.0 Å². The topological polar surface area (TPSA) is 47.6 Å². The second-order valence-corrected chi connectivity index (χ2v) is 6.62. The quantitative estimate of drug-likeness (QED) is 0.736. The minimum atomic E-state index is 0.0417. The van der Waals surface area contributed by atoms with Gasteiger partial charge in [0.15, 0.2) is 5.58 Å². The molecule has 0 unspecified atom stereocenters. The molecule has 5 nitrogen and oxygen atoms in total. The minimum absolute atomic E-state index is 0.0417. The molecule has 4 rings (SSSR count). The predicted octanol–water partition coefficient (Wildman–Crippen LogP) is 3.37. The Balaban J connectivity index is 1.75. The molecule has 0 N–H and O–H groups in total. The molecule has 2 aromatic heterocycles. The van der Waals surface area contributed by atoms with Crippen molar-refractivity contribution in [1.82, 2.24) is 9.47 Å². The van der Waals surface area contributed by atoms with E-state index in [2.05, 4.69) is 36.6 Å². The molecule has 130 valence electrons. The van der Waals surface area contributed by atoms with Crippen LogP contribution in [0.3, 0.4) is 0 Å². The van der Waals surface area contributed by atoms with Crippen molar-refractivity contribution in [2.45, 2.75) is 20.4 Å². The van der Waals surface area contributed by atoms with Crippen molar-refractivity contribution in [1.29, 1.82) is 0 Å². The zero-order valence-corrected chi connectivity index (χ0v) is 14.6. The molecule has 1 fully saturated rings. The number of hydrogen-bond acceptors (Lipinski definition) is 3. The van der Waals surface area contributed by atoms with Gasteiger partial charge in [0, 0.05) is 31.8 Å². The largest absolute Gasteiger partial charge is 0.463 e. The van der Waals surface area contributed by atoms with E-state index in [0.29, 0.717) is 38.5 Å². The van der Waals surface area contributed by atoms with E-state index >= 15 is 0 Å². The third-order valence-electron chi connectivity index (χ3n) is 4.87. The van der Waals surface area contributed by atoms with Gasteiger partial charge in [0.2, 0.25) is 0 Å². The lowest BCUT2D eigenvalue weighted by Crippen LogP contribution is -2.41. The summed E-state index contributed by atoms with van der Waals surface area (Å²) in [7, 11) is 0. The Hall–Kier alpha value is -2.53. The highest BCUT2D eigenvalue weighted by Crippen LogP contribution is 2.25. The molecule has 5 heteroatoms. The molecule has 0 saturated carbocycles. The molecule has 0 atom stereocenters. The molecule has 0 bridgehead atoms. The lowest BCUT2D eigenvalue weighted by atomic mass is 10.1. The van der Waals surface area contributed by atoms with Gasteiger partial charge in [0.05, 0.1) is 25.0 Å². The molecule has 1 saturated heterocycles. The van der Waals surface area contributed by atoms with Gasteiger partial charge in [-0.2, -0.15) is 0 Å². The van der Waals surface area contributed by atoms with Crippen LogP contribution in [0.5, 0.6) is 0 Å². The van der Waals surface area contributed by atoms with Crippen LogP contribution < -0.4 is 0 Å². The molecular formula is C20H22N2O3. The molecule has 3 heterocycles. The lowest BCUT2D eigenvalue weighted by Gasteiger charge is -2.27. The standard InChI is InChI=1S/C20H22N2O3/c1-14-3-4-15(2)16(11-14)13-22-17-5-8-25-19(17)12-18(22)20(23)21-6-9-24-10-7-21/h3-5,8,11-12H,6-7,9-10,13H2,1-2H3. The van der Waals surface area contributed by atoms with E-state index in [1.165, 1.54) is 16.7 Å². The highest BCUT2D eigenvalue weighted by molar-refractivity contribution is 5.97. The van der Waals surface area contributed by atoms with Crippen LogP contribution in [0.15, 0.2) is 41.0 Å². The third kappa shape index (κ3) is 2.96. The molecular weight excluding hydrogens is 316 g/mol. The van der Waals surface area contributed by atoms with Gasteiger partial charge in [0.1, 0.15) is 5.69 Å². The Morgan fingerprint density at radius 3 is 2.72 bits per heavy atom. The van der Waals surface area contributed by atoms with Crippen molar-refractivity contribution in [3.05, 3.63) is 59.0 Å². The molecule has 0 aliphatic carbocycles. The molecule has 0 radical (unpaired) electrons. The monoisotopic (exact) mass is 338 g/mol. The number of aryl methyl sites for hydroxylation is 2. The Morgan fingerprint density at radius 2 is 1.92 bits per heavy atom. The molecule has 1 aliphatic rings. The summed E-state index contributed by atoms with van der Waals surface area (Å²) in [4.78, 5) is 14.9. The van der Waals surface area contributed by atoms with Crippen molar-refractivity contribution in [2.24, 2.45) is 0 Å². The number of carbonyl (C=O) groups excluding carboxylic acids is 1. The Morgan fingerprint density at radius 1 is 1.12 bits per heavy atom. The summed E-state index contributed by atoms with van der Waals surface area (Å²) >= 11 is 0. The number of hydrogen-bond donors (Lipinski definition) is 0. The van der Waals surface area contributed by atoms with Crippen LogP contribution in [-0.2, 0) is 11.3 Å². The number of morpholine rings is 1. The van der Waals surface area contributed by atoms with E-state index in [9.17, 15) is 4.79 Å². The van der Waals surface area contributed by atoms with Gasteiger partial charge in [-0.25, -0.2) is 0 Å². The van der Waals surface area contributed by atoms with E-state index in [0.717, 1.165) is 11.1 Å². The van der Waals surface area contributed by atoms with E-state index in [1.54, 1.807) is 6.26 Å². The second kappa shape index (κ2) is 6.41. The van der Waals surface area contributed by atoms with Crippen LogP contribution in [0.1, 0.15) is 27.2 Å². The SMILES string of the molecule is Cc1ccc(C)c(Cn2c(C(=O)N3CCOCC3)cc3occc32)c1. The molecule has 1 aliphatic heterocycles. The lowest BCUT2D eigenvalue weighted by molar-refractivity contribution is 0.0296. The van der Waals surface area contributed by atoms with Crippen LogP contribution in [0.2, 0.25) is 0 Å². The Bertz CT molecular complexity index is 916. The number of amides is 1. The first-order valence-corrected chi connectivity index (χ1v) is 8.63. The maximum Gasteiger partial charge on any atom is 0.270 e. The third-order valence-corrected chi connectivity index (χ3v) is 4.87. The second-order valence-electron chi connectivity index (χ2n) is 6.62. The highest BCUT2D eigenvalue weighted by Gasteiger charge is 2.24. The van der Waals surface area contributed by atoms with Gasteiger partial charge in [-0.3, -0.25) is 4.79 Å². The van der Waals surface area contributed by atoms with Crippen molar-refractivity contribution in [3.8, 4) is 0 Å². The summed E-state index contributed by atoms with van der Waals surface area (Å²) in [5.41, 5.74) is 6.05. The first-order chi connectivity index (χ1) is 12.1. The Kier molecular flexibility index (Phi) is 4.09. The normalized spacial score (nSPS) is 15.0. The summed E-state index contributed by atoms with van der Waals surface area (Å²) < 4.78 is 13.0. The number of aromatic nitrogens is 1. The molecule has 1 aromatic carbocycles. The summed E-state index contributed by atoms with van der Waals surface area (Å²) in [6, 6.07) is 10.2. The average Bonchev–Trinajstić information content (AvgIpc) is 3.21. The average molecular weight is 338 g/mol. The molecule has 25 heavy (non-hydrogen) atoms. The number of rotatable bonds is 3.